The third-order valence-electron chi connectivity index (χ3n) is 5.34. The Kier molecular flexibility index (Phi) is 5.91. The molecule has 0 atom stereocenters. The molecule has 0 unspecified atom stereocenters. The lowest BCUT2D eigenvalue weighted by Gasteiger charge is -2.16. The van der Waals surface area contributed by atoms with Crippen LogP contribution in [0.2, 0.25) is 0 Å². The van der Waals surface area contributed by atoms with Crippen LogP contribution in [0.15, 0.2) is 54.6 Å². The molecule has 0 amide bonds. The van der Waals surface area contributed by atoms with E-state index in [1.807, 2.05) is 55.5 Å². The van der Waals surface area contributed by atoms with Gasteiger partial charge in [-0.25, -0.2) is 0 Å². The summed E-state index contributed by atoms with van der Waals surface area (Å²) in [6.45, 7) is 2.31. The van der Waals surface area contributed by atoms with Crippen molar-refractivity contribution in [1.29, 1.82) is 0 Å². The van der Waals surface area contributed by atoms with Gasteiger partial charge < -0.3 is 9.47 Å². The molecule has 154 valence electrons. The quantitative estimate of drug-likeness (QED) is 0.247. The highest BCUT2D eigenvalue weighted by Crippen LogP contribution is 2.42. The molecule has 3 aromatic carbocycles. The van der Waals surface area contributed by atoms with E-state index in [2.05, 4.69) is 0 Å². The molecular formula is C24H22ClNO4. The largest absolute Gasteiger partial charge is 0.489 e. The van der Waals surface area contributed by atoms with Gasteiger partial charge in [-0.1, -0.05) is 30.3 Å². The summed E-state index contributed by atoms with van der Waals surface area (Å²) in [6.07, 6.45) is 2.39. The number of aryl methyl sites for hydroxylation is 1. The highest BCUT2D eigenvalue weighted by atomic mass is 35.5. The summed E-state index contributed by atoms with van der Waals surface area (Å²) in [4.78, 5) is 11.1. The maximum Gasteiger partial charge on any atom is 0.273 e. The summed E-state index contributed by atoms with van der Waals surface area (Å²) in [6, 6.07) is 17.1. The number of nitro benzene ring substituents is 1. The van der Waals surface area contributed by atoms with Crippen LogP contribution >= 0.6 is 11.6 Å². The van der Waals surface area contributed by atoms with Crippen molar-refractivity contribution < 1.29 is 14.4 Å². The molecule has 0 fully saturated rings. The number of hydrogen-bond donors (Lipinski definition) is 0. The van der Waals surface area contributed by atoms with Gasteiger partial charge in [0.2, 0.25) is 0 Å². The van der Waals surface area contributed by atoms with E-state index in [4.69, 9.17) is 21.1 Å². The molecule has 5 nitrogen and oxygen atoms in total. The fraction of sp³-hybridized carbons (Fsp3) is 0.250. The van der Waals surface area contributed by atoms with E-state index < -0.39 is 0 Å². The number of nitro groups is 1. The fourth-order valence-corrected chi connectivity index (χ4v) is 4.10. The monoisotopic (exact) mass is 423 g/mol. The van der Waals surface area contributed by atoms with Crippen molar-refractivity contribution >= 4 is 17.3 Å². The van der Waals surface area contributed by atoms with E-state index in [0.29, 0.717) is 36.2 Å². The number of halogens is 1. The third kappa shape index (κ3) is 4.12. The molecule has 6 heteroatoms. The first-order valence-electron chi connectivity index (χ1n) is 9.90. The lowest BCUT2D eigenvalue weighted by atomic mass is 10.0. The molecule has 0 spiro atoms. The third-order valence-corrected chi connectivity index (χ3v) is 5.63. The van der Waals surface area contributed by atoms with E-state index in [9.17, 15) is 10.1 Å². The van der Waals surface area contributed by atoms with Crippen molar-refractivity contribution in [2.45, 2.75) is 38.7 Å². The van der Waals surface area contributed by atoms with Crippen molar-refractivity contribution in [3.8, 4) is 17.2 Å². The summed E-state index contributed by atoms with van der Waals surface area (Å²) in [5, 5.41) is 11.4. The zero-order valence-electron chi connectivity index (χ0n) is 16.7. The average molecular weight is 424 g/mol. The molecule has 0 saturated carbocycles. The molecule has 0 aliphatic heterocycles. The van der Waals surface area contributed by atoms with Crippen LogP contribution < -0.4 is 9.47 Å². The molecule has 0 saturated heterocycles. The normalized spacial score (nSPS) is 12.5. The first kappa shape index (κ1) is 20.2. The van der Waals surface area contributed by atoms with Crippen molar-refractivity contribution in [2.75, 3.05) is 0 Å². The maximum atomic E-state index is 11.4. The molecule has 1 aliphatic carbocycles. The number of benzene rings is 3. The molecule has 0 radical (unpaired) electrons. The van der Waals surface area contributed by atoms with E-state index in [0.717, 1.165) is 40.7 Å². The molecule has 3 aromatic rings. The van der Waals surface area contributed by atoms with Crippen LogP contribution in [0.4, 0.5) is 5.69 Å². The standard InChI is InChI=1S/C24H22ClNO4/c1-16-12-22(26(27)28)20-8-5-9-21(20)24(16)30-19-10-11-23(18(13-19)14-25)29-15-17-6-3-2-4-7-17/h2-4,6-7,10-13H,5,8-9,14-15H2,1H3. The maximum absolute atomic E-state index is 11.4. The lowest BCUT2D eigenvalue weighted by Crippen LogP contribution is -2.01. The Hall–Kier alpha value is -3.05. The molecule has 4 rings (SSSR count). The van der Waals surface area contributed by atoms with Crippen LogP contribution in [-0.2, 0) is 25.3 Å². The fourth-order valence-electron chi connectivity index (χ4n) is 3.90. The van der Waals surface area contributed by atoms with Gasteiger partial charge in [0.25, 0.3) is 5.69 Å². The minimum absolute atomic E-state index is 0.193. The Bertz CT molecular complexity index is 1080. The summed E-state index contributed by atoms with van der Waals surface area (Å²) < 4.78 is 12.2. The average Bonchev–Trinajstić information content (AvgIpc) is 3.24. The van der Waals surface area contributed by atoms with Gasteiger partial charge in [-0.3, -0.25) is 10.1 Å². The predicted octanol–water partition coefficient (Wildman–Crippen LogP) is 6.50. The lowest BCUT2D eigenvalue weighted by molar-refractivity contribution is -0.385. The second-order valence-corrected chi connectivity index (χ2v) is 7.66. The highest BCUT2D eigenvalue weighted by molar-refractivity contribution is 6.17. The number of fused-ring (bicyclic) bond motifs is 1. The van der Waals surface area contributed by atoms with Crippen molar-refractivity contribution in [3.05, 3.63) is 92.5 Å². The number of nitrogens with zero attached hydrogens (tertiary/aromatic N) is 1. The first-order chi connectivity index (χ1) is 14.6. The van der Waals surface area contributed by atoms with Gasteiger partial charge >= 0.3 is 0 Å². The van der Waals surface area contributed by atoms with Gasteiger partial charge in [0.05, 0.1) is 10.8 Å². The Morgan fingerprint density at radius 1 is 1.07 bits per heavy atom. The van der Waals surface area contributed by atoms with Crippen molar-refractivity contribution in [1.82, 2.24) is 0 Å². The van der Waals surface area contributed by atoms with Crippen molar-refractivity contribution in [2.24, 2.45) is 0 Å². The Morgan fingerprint density at radius 3 is 2.57 bits per heavy atom. The second-order valence-electron chi connectivity index (χ2n) is 7.39. The molecule has 0 aromatic heterocycles. The van der Waals surface area contributed by atoms with Crippen LogP contribution in [0.25, 0.3) is 0 Å². The summed E-state index contributed by atoms with van der Waals surface area (Å²) in [5.74, 6) is 2.36. The topological polar surface area (TPSA) is 61.6 Å². The zero-order valence-corrected chi connectivity index (χ0v) is 17.4. The smallest absolute Gasteiger partial charge is 0.273 e. The van der Waals surface area contributed by atoms with Crippen LogP contribution in [-0.4, -0.2) is 4.92 Å². The van der Waals surface area contributed by atoms with E-state index in [-0.39, 0.29) is 10.6 Å². The van der Waals surface area contributed by atoms with Gasteiger partial charge in [0.1, 0.15) is 23.9 Å². The number of rotatable bonds is 7. The summed E-state index contributed by atoms with van der Waals surface area (Å²) >= 11 is 6.16. The van der Waals surface area contributed by atoms with Gasteiger partial charge in [-0.2, -0.15) is 0 Å². The van der Waals surface area contributed by atoms with Gasteiger partial charge in [0, 0.05) is 22.8 Å². The van der Waals surface area contributed by atoms with Crippen LogP contribution in [0, 0.1) is 17.0 Å². The minimum atomic E-state index is -0.300. The molecule has 0 N–H and O–H groups in total. The Morgan fingerprint density at radius 2 is 1.83 bits per heavy atom. The van der Waals surface area contributed by atoms with Crippen LogP contribution in [0.3, 0.4) is 0 Å². The van der Waals surface area contributed by atoms with Crippen LogP contribution in [0.5, 0.6) is 17.2 Å². The van der Waals surface area contributed by atoms with Crippen molar-refractivity contribution in [3.63, 3.8) is 0 Å². The minimum Gasteiger partial charge on any atom is -0.489 e. The SMILES string of the molecule is Cc1cc([N+](=O)[O-])c2c(c1Oc1ccc(OCc3ccccc3)c(CCl)c1)CCC2. The Balaban J connectivity index is 1.59. The summed E-state index contributed by atoms with van der Waals surface area (Å²) in [7, 11) is 0. The molecule has 0 bridgehead atoms. The van der Waals surface area contributed by atoms with Gasteiger partial charge in [0.15, 0.2) is 0 Å². The summed E-state index contributed by atoms with van der Waals surface area (Å²) in [5.41, 5.74) is 4.61. The second kappa shape index (κ2) is 8.76. The predicted molar refractivity (Wildman–Crippen MR) is 117 cm³/mol. The Labute approximate surface area is 180 Å². The molecule has 0 heterocycles. The number of hydrogen-bond acceptors (Lipinski definition) is 4. The zero-order chi connectivity index (χ0) is 21.1. The van der Waals surface area contributed by atoms with Crippen LogP contribution in [0.1, 0.15) is 34.2 Å². The molecule has 30 heavy (non-hydrogen) atoms. The van der Waals surface area contributed by atoms with E-state index in [1.165, 1.54) is 0 Å². The number of alkyl halides is 1. The number of ether oxygens (including phenoxy) is 2. The van der Waals surface area contributed by atoms with E-state index >= 15 is 0 Å². The highest BCUT2D eigenvalue weighted by Gasteiger charge is 2.27. The van der Waals surface area contributed by atoms with E-state index in [1.54, 1.807) is 6.07 Å². The van der Waals surface area contributed by atoms with Gasteiger partial charge in [-0.05, 0) is 55.5 Å². The molecule has 1 aliphatic rings. The van der Waals surface area contributed by atoms with Gasteiger partial charge in [-0.15, -0.1) is 11.6 Å². The molecular weight excluding hydrogens is 402 g/mol. The first-order valence-corrected chi connectivity index (χ1v) is 10.4.